The van der Waals surface area contributed by atoms with Crippen LogP contribution in [0.25, 0.3) is 0 Å². The number of rotatable bonds is 4. The summed E-state index contributed by atoms with van der Waals surface area (Å²) < 4.78 is 6.67. The molecule has 11 unspecified atom stereocenters. The van der Waals surface area contributed by atoms with Gasteiger partial charge in [0.25, 0.3) is 5.91 Å². The fourth-order valence-electron chi connectivity index (χ4n) is 9.84. The molecule has 1 aromatic rings. The lowest BCUT2D eigenvalue weighted by atomic mass is 9.51. The van der Waals surface area contributed by atoms with Gasteiger partial charge in [-0.3, -0.25) is 4.79 Å². The van der Waals surface area contributed by atoms with Crippen LogP contribution in [0.2, 0.25) is 0 Å². The topological polar surface area (TPSA) is 82.0 Å². The molecular formula is C33H46N2O4. The summed E-state index contributed by atoms with van der Waals surface area (Å²) in [7, 11) is 4.21. The minimum atomic E-state index is -0.573. The molecule has 2 bridgehead atoms. The minimum absolute atomic E-state index is 0.0665. The van der Waals surface area contributed by atoms with E-state index in [0.29, 0.717) is 18.6 Å². The fraction of sp³-hybridized carbons (Fsp3) is 0.667. The van der Waals surface area contributed by atoms with Crippen molar-refractivity contribution in [3.05, 3.63) is 59.7 Å². The number of ether oxygens (including phenoxy) is 1. The van der Waals surface area contributed by atoms with Crippen molar-refractivity contribution in [2.45, 2.75) is 83.3 Å². The van der Waals surface area contributed by atoms with Gasteiger partial charge in [-0.1, -0.05) is 62.8 Å². The predicted molar refractivity (Wildman–Crippen MR) is 152 cm³/mol. The van der Waals surface area contributed by atoms with Crippen LogP contribution >= 0.6 is 0 Å². The van der Waals surface area contributed by atoms with E-state index in [1.165, 1.54) is 5.57 Å². The lowest BCUT2D eigenvalue weighted by Crippen LogP contribution is -2.57. The molecule has 2 saturated carbocycles. The van der Waals surface area contributed by atoms with Gasteiger partial charge in [-0.05, 0) is 69.2 Å². The van der Waals surface area contributed by atoms with Crippen LogP contribution in [-0.4, -0.2) is 71.6 Å². The molecule has 1 heterocycles. The van der Waals surface area contributed by atoms with Crippen molar-refractivity contribution in [2.24, 2.45) is 34.0 Å². The lowest BCUT2D eigenvalue weighted by Gasteiger charge is -2.54. The summed E-state index contributed by atoms with van der Waals surface area (Å²) >= 11 is 0. The zero-order valence-corrected chi connectivity index (χ0v) is 24.4. The monoisotopic (exact) mass is 534 g/mol. The van der Waals surface area contributed by atoms with E-state index in [1.807, 2.05) is 30.3 Å². The van der Waals surface area contributed by atoms with Gasteiger partial charge in [0.1, 0.15) is 0 Å². The number of carbonyl (C=O) groups is 1. The molecule has 4 aliphatic carbocycles. The van der Waals surface area contributed by atoms with Gasteiger partial charge in [-0.2, -0.15) is 0 Å². The van der Waals surface area contributed by atoms with Crippen LogP contribution in [0.1, 0.15) is 63.7 Å². The van der Waals surface area contributed by atoms with Gasteiger partial charge in [-0.15, -0.1) is 0 Å². The van der Waals surface area contributed by atoms with Crippen molar-refractivity contribution in [3.8, 4) is 0 Å². The lowest BCUT2D eigenvalue weighted by molar-refractivity contribution is -0.0480. The molecule has 1 aromatic carbocycles. The first kappa shape index (κ1) is 27.2. The molecule has 6 rings (SSSR count). The molecule has 0 spiro atoms. The number of hydrogen-bond acceptors (Lipinski definition) is 5. The summed E-state index contributed by atoms with van der Waals surface area (Å²) in [5, 5.41) is 26.8. The Balaban J connectivity index is 1.33. The zero-order chi connectivity index (χ0) is 28.0. The number of allylic oxidation sites excluding steroid dienone is 1. The number of nitrogens with zero attached hydrogens (tertiary/aromatic N) is 1. The Morgan fingerprint density at radius 2 is 1.82 bits per heavy atom. The third-order valence-electron chi connectivity index (χ3n) is 12.3. The predicted octanol–water partition coefficient (Wildman–Crippen LogP) is 4.19. The molecule has 39 heavy (non-hydrogen) atoms. The van der Waals surface area contributed by atoms with Crippen molar-refractivity contribution >= 4 is 5.91 Å². The molecule has 0 aromatic heterocycles. The first-order chi connectivity index (χ1) is 18.4. The smallest absolute Gasteiger partial charge is 0.251 e. The third kappa shape index (κ3) is 3.71. The molecule has 1 aliphatic heterocycles. The first-order valence-corrected chi connectivity index (χ1v) is 14.8. The number of hydrogen-bond donors (Lipinski definition) is 3. The summed E-state index contributed by atoms with van der Waals surface area (Å²) in [6.07, 6.45) is 8.86. The number of carbonyl (C=O) groups excluding carboxylic acids is 1. The molecule has 3 N–H and O–H groups in total. The van der Waals surface area contributed by atoms with Crippen molar-refractivity contribution in [1.29, 1.82) is 0 Å². The Labute approximate surface area is 233 Å². The van der Waals surface area contributed by atoms with E-state index in [9.17, 15) is 15.0 Å². The van der Waals surface area contributed by atoms with E-state index in [1.54, 1.807) is 0 Å². The number of fused-ring (bicyclic) bond motifs is 3. The standard InChI is InChI=1S/C33H46N2O4/c1-20(35(5)6)27-25(37)18-32(4)23-16-24(36)28-30(2)19-39-33(28,17-22(23)12-14-31(27,32)3)15-13-26(30)34-29(38)21-10-8-7-9-11-21/h7-13,15,20,23-28,36-37H,14,16-19H2,1-6H3,(H,34,38). The van der Waals surface area contributed by atoms with E-state index in [2.05, 4.69) is 70.2 Å². The molecule has 6 heteroatoms. The maximum atomic E-state index is 13.1. The Morgan fingerprint density at radius 1 is 1.10 bits per heavy atom. The highest BCUT2D eigenvalue weighted by Crippen LogP contribution is 2.69. The second-order valence-corrected chi connectivity index (χ2v) is 14.3. The van der Waals surface area contributed by atoms with Gasteiger partial charge in [0.15, 0.2) is 0 Å². The van der Waals surface area contributed by atoms with Crippen LogP contribution in [0.3, 0.4) is 0 Å². The molecule has 0 radical (unpaired) electrons. The van der Waals surface area contributed by atoms with Crippen molar-refractivity contribution in [3.63, 3.8) is 0 Å². The fourth-order valence-corrected chi connectivity index (χ4v) is 9.84. The quantitative estimate of drug-likeness (QED) is 0.505. The van der Waals surface area contributed by atoms with Crippen molar-refractivity contribution < 1.29 is 19.7 Å². The van der Waals surface area contributed by atoms with Crippen molar-refractivity contribution in [2.75, 3.05) is 20.7 Å². The number of aliphatic hydroxyl groups excluding tert-OH is 2. The van der Waals surface area contributed by atoms with E-state index < -0.39 is 17.1 Å². The highest BCUT2D eigenvalue weighted by atomic mass is 16.5. The van der Waals surface area contributed by atoms with Gasteiger partial charge < -0.3 is 25.2 Å². The summed E-state index contributed by atoms with van der Waals surface area (Å²) in [6, 6.07) is 9.35. The average molecular weight is 535 g/mol. The Morgan fingerprint density at radius 3 is 2.51 bits per heavy atom. The van der Waals surface area contributed by atoms with E-state index in [0.717, 1.165) is 19.3 Å². The summed E-state index contributed by atoms with van der Waals surface area (Å²) in [6.45, 7) is 9.65. The van der Waals surface area contributed by atoms with Crippen LogP contribution in [0.4, 0.5) is 0 Å². The number of benzene rings is 1. The van der Waals surface area contributed by atoms with Gasteiger partial charge >= 0.3 is 0 Å². The van der Waals surface area contributed by atoms with Crippen LogP contribution in [0.15, 0.2) is 54.1 Å². The number of nitrogens with one attached hydrogen (secondary N) is 1. The second kappa shape index (κ2) is 9.01. The maximum absolute atomic E-state index is 13.1. The Bertz CT molecular complexity index is 1200. The molecule has 212 valence electrons. The molecule has 1 amide bonds. The van der Waals surface area contributed by atoms with Crippen LogP contribution < -0.4 is 5.32 Å². The maximum Gasteiger partial charge on any atom is 0.251 e. The molecule has 11 atom stereocenters. The molecule has 5 aliphatic rings. The first-order valence-electron chi connectivity index (χ1n) is 14.8. The molecule has 1 saturated heterocycles. The zero-order valence-electron chi connectivity index (χ0n) is 24.4. The summed E-state index contributed by atoms with van der Waals surface area (Å²) in [5.41, 5.74) is 0.831. The largest absolute Gasteiger partial charge is 0.393 e. The van der Waals surface area contributed by atoms with E-state index in [-0.39, 0.29) is 52.7 Å². The Hall–Kier alpha value is -1.99. The number of amides is 1. The SMILES string of the molecule is CC(C1C(O)CC2(C)C3CC(O)C4C5(C=CC(NC(=O)c6ccccc6)C4(C)CO5)CC3=CCC12C)N(C)C. The van der Waals surface area contributed by atoms with Gasteiger partial charge in [-0.25, -0.2) is 0 Å². The highest BCUT2D eigenvalue weighted by Gasteiger charge is 2.69. The minimum Gasteiger partial charge on any atom is -0.393 e. The van der Waals surface area contributed by atoms with Crippen LogP contribution in [0.5, 0.6) is 0 Å². The second-order valence-electron chi connectivity index (χ2n) is 14.3. The summed E-state index contributed by atoms with van der Waals surface area (Å²) in [5.74, 6) is 0.119. The Kier molecular flexibility index (Phi) is 6.28. The van der Waals surface area contributed by atoms with Crippen molar-refractivity contribution in [1.82, 2.24) is 10.2 Å². The molecule has 3 fully saturated rings. The van der Waals surface area contributed by atoms with Gasteiger partial charge in [0, 0.05) is 35.3 Å². The van der Waals surface area contributed by atoms with E-state index in [4.69, 9.17) is 4.74 Å². The third-order valence-corrected chi connectivity index (χ3v) is 12.3. The number of aliphatic hydroxyl groups is 2. The van der Waals surface area contributed by atoms with Gasteiger partial charge in [0.2, 0.25) is 0 Å². The molecule has 6 nitrogen and oxygen atoms in total. The van der Waals surface area contributed by atoms with Gasteiger partial charge in [0.05, 0.1) is 30.5 Å². The molecular weight excluding hydrogens is 488 g/mol. The highest BCUT2D eigenvalue weighted by molar-refractivity contribution is 5.94. The average Bonchev–Trinajstić information content (AvgIpc) is 3.17. The summed E-state index contributed by atoms with van der Waals surface area (Å²) in [4.78, 5) is 15.4. The van der Waals surface area contributed by atoms with E-state index >= 15 is 0 Å². The van der Waals surface area contributed by atoms with Crippen LogP contribution in [0, 0.1) is 34.0 Å². The van der Waals surface area contributed by atoms with Crippen LogP contribution in [-0.2, 0) is 4.74 Å². The normalized spacial score (nSPS) is 47.1.